The first-order valence-corrected chi connectivity index (χ1v) is 9.99. The van der Waals surface area contributed by atoms with Gasteiger partial charge in [-0.15, -0.1) is 0 Å². The molecule has 0 unspecified atom stereocenters. The molecule has 156 valence electrons. The molecule has 0 radical (unpaired) electrons. The molecular formula is C19H25ClN6O3. The summed E-state index contributed by atoms with van der Waals surface area (Å²) in [5, 5.41) is 7.79. The molecule has 0 saturated carbocycles. The summed E-state index contributed by atoms with van der Waals surface area (Å²) in [6.07, 6.45) is 1.81. The number of hydrogen-bond donors (Lipinski definition) is 2. The van der Waals surface area contributed by atoms with E-state index in [0.29, 0.717) is 55.4 Å². The number of rotatable bonds is 6. The van der Waals surface area contributed by atoms with Gasteiger partial charge in [-0.2, -0.15) is 4.98 Å². The second-order valence-electron chi connectivity index (χ2n) is 6.64. The molecule has 0 atom stereocenters. The molecule has 0 bridgehead atoms. The Morgan fingerprint density at radius 1 is 1.45 bits per heavy atom. The topological polar surface area (TPSA) is 119 Å². The normalized spacial score (nSPS) is 15.4. The van der Waals surface area contributed by atoms with E-state index in [1.807, 2.05) is 12.1 Å². The molecule has 0 aliphatic carbocycles. The second-order valence-corrected chi connectivity index (χ2v) is 7.08. The van der Waals surface area contributed by atoms with Gasteiger partial charge in [0.1, 0.15) is 0 Å². The lowest BCUT2D eigenvalue weighted by atomic mass is 10.1. The second kappa shape index (κ2) is 10.1. The van der Waals surface area contributed by atoms with Gasteiger partial charge >= 0.3 is 6.09 Å². The number of carbonyl (C=O) groups excluding carboxylic acids is 1. The van der Waals surface area contributed by atoms with Gasteiger partial charge in [-0.1, -0.05) is 28.9 Å². The highest BCUT2D eigenvalue weighted by atomic mass is 35.5. The minimum Gasteiger partial charge on any atom is -0.450 e. The van der Waals surface area contributed by atoms with Crippen LogP contribution in [-0.2, 0) is 11.2 Å². The summed E-state index contributed by atoms with van der Waals surface area (Å²) in [6.45, 7) is 3.89. The lowest BCUT2D eigenvalue weighted by molar-refractivity contribution is 0.0963. The lowest BCUT2D eigenvalue weighted by Gasteiger charge is -2.31. The standard InChI is InChI=1S/C19H25ClN6O3/c1-2-28-19(27)26-10-7-15(8-11-26)23-18(21)22-9-6-16-24-17(25-29-16)13-4-3-5-14(20)12-13/h3-5,12,15H,2,6-11H2,1H3,(H3,21,22,23). The van der Waals surface area contributed by atoms with Crippen LogP contribution in [-0.4, -0.2) is 59.4 Å². The van der Waals surface area contributed by atoms with E-state index in [-0.39, 0.29) is 12.1 Å². The van der Waals surface area contributed by atoms with E-state index in [0.717, 1.165) is 18.4 Å². The van der Waals surface area contributed by atoms with Crippen molar-refractivity contribution in [3.63, 3.8) is 0 Å². The Morgan fingerprint density at radius 2 is 2.24 bits per heavy atom. The van der Waals surface area contributed by atoms with Crippen molar-refractivity contribution in [2.75, 3.05) is 26.2 Å². The molecule has 9 nitrogen and oxygen atoms in total. The zero-order valence-corrected chi connectivity index (χ0v) is 17.1. The number of nitrogens with one attached hydrogen (secondary N) is 1. The molecule has 1 amide bonds. The van der Waals surface area contributed by atoms with Crippen molar-refractivity contribution < 1.29 is 14.1 Å². The molecule has 0 spiro atoms. The summed E-state index contributed by atoms with van der Waals surface area (Å²) in [4.78, 5) is 22.1. The van der Waals surface area contributed by atoms with E-state index in [1.165, 1.54) is 0 Å². The highest BCUT2D eigenvalue weighted by Gasteiger charge is 2.23. The van der Waals surface area contributed by atoms with Crippen LogP contribution >= 0.6 is 11.6 Å². The molecule has 1 aliphatic heterocycles. The van der Waals surface area contributed by atoms with Crippen molar-refractivity contribution in [2.24, 2.45) is 10.7 Å². The Kier molecular flexibility index (Phi) is 7.29. The van der Waals surface area contributed by atoms with Crippen molar-refractivity contribution in [1.29, 1.82) is 0 Å². The van der Waals surface area contributed by atoms with Crippen LogP contribution in [0.5, 0.6) is 0 Å². The lowest BCUT2D eigenvalue weighted by Crippen LogP contribution is -2.48. The van der Waals surface area contributed by atoms with Gasteiger partial charge in [0.05, 0.1) is 13.2 Å². The van der Waals surface area contributed by atoms with Crippen LogP contribution in [0, 0.1) is 0 Å². The summed E-state index contributed by atoms with van der Waals surface area (Å²) in [5.74, 6) is 1.35. The quantitative estimate of drug-likeness (QED) is 0.544. The summed E-state index contributed by atoms with van der Waals surface area (Å²) in [6, 6.07) is 7.46. The van der Waals surface area contributed by atoms with E-state index in [4.69, 9.17) is 26.6 Å². The van der Waals surface area contributed by atoms with E-state index in [9.17, 15) is 4.79 Å². The Bertz CT molecular complexity index is 848. The number of likely N-dealkylation sites (tertiary alicyclic amines) is 1. The van der Waals surface area contributed by atoms with Gasteiger partial charge in [-0.25, -0.2) is 4.79 Å². The van der Waals surface area contributed by atoms with Gasteiger partial charge in [0, 0.05) is 36.1 Å². The molecule has 2 heterocycles. The van der Waals surface area contributed by atoms with Crippen LogP contribution in [0.2, 0.25) is 5.02 Å². The summed E-state index contributed by atoms with van der Waals surface area (Å²) >= 11 is 5.99. The number of guanidine groups is 1. The number of carbonyl (C=O) groups is 1. The zero-order valence-electron chi connectivity index (χ0n) is 16.3. The number of hydrogen-bond acceptors (Lipinski definition) is 6. The summed E-state index contributed by atoms with van der Waals surface area (Å²) < 4.78 is 10.3. The number of benzene rings is 1. The van der Waals surface area contributed by atoms with Crippen molar-refractivity contribution in [3.8, 4) is 11.4 Å². The number of ether oxygens (including phenoxy) is 1. The van der Waals surface area contributed by atoms with Gasteiger partial charge in [-0.3, -0.25) is 4.99 Å². The first kappa shape index (κ1) is 20.9. The molecule has 3 rings (SSSR count). The number of halogens is 1. The number of piperidine rings is 1. The first-order chi connectivity index (χ1) is 14.0. The molecular weight excluding hydrogens is 396 g/mol. The number of aliphatic imine (C=N–C) groups is 1. The number of nitrogens with two attached hydrogens (primary N) is 1. The maximum absolute atomic E-state index is 11.7. The van der Waals surface area contributed by atoms with Crippen LogP contribution in [0.3, 0.4) is 0 Å². The minimum absolute atomic E-state index is 0.183. The summed E-state index contributed by atoms with van der Waals surface area (Å²) in [5.41, 5.74) is 6.77. The predicted molar refractivity (Wildman–Crippen MR) is 110 cm³/mol. The molecule has 2 aromatic rings. The molecule has 1 saturated heterocycles. The van der Waals surface area contributed by atoms with Crippen molar-refractivity contribution in [2.45, 2.75) is 32.2 Å². The summed E-state index contributed by atoms with van der Waals surface area (Å²) in [7, 11) is 0. The molecule has 1 aromatic carbocycles. The van der Waals surface area contributed by atoms with Crippen molar-refractivity contribution in [3.05, 3.63) is 35.2 Å². The number of aromatic nitrogens is 2. The predicted octanol–water partition coefficient (Wildman–Crippen LogP) is 2.46. The van der Waals surface area contributed by atoms with E-state index >= 15 is 0 Å². The van der Waals surface area contributed by atoms with Crippen LogP contribution in [0.15, 0.2) is 33.8 Å². The van der Waals surface area contributed by atoms with Crippen LogP contribution in [0.1, 0.15) is 25.7 Å². The van der Waals surface area contributed by atoms with E-state index < -0.39 is 0 Å². The zero-order chi connectivity index (χ0) is 20.6. The molecule has 29 heavy (non-hydrogen) atoms. The molecule has 3 N–H and O–H groups in total. The molecule has 1 aromatic heterocycles. The fourth-order valence-corrected chi connectivity index (χ4v) is 3.24. The van der Waals surface area contributed by atoms with Crippen LogP contribution in [0.4, 0.5) is 4.79 Å². The molecule has 1 aliphatic rings. The Labute approximate surface area is 174 Å². The van der Waals surface area contributed by atoms with Gasteiger partial charge in [-0.05, 0) is 31.9 Å². The number of nitrogens with zero attached hydrogens (tertiary/aromatic N) is 4. The minimum atomic E-state index is -0.260. The molecule has 1 fully saturated rings. The highest BCUT2D eigenvalue weighted by molar-refractivity contribution is 6.30. The number of amides is 1. The van der Waals surface area contributed by atoms with Gasteiger partial charge in [0.15, 0.2) is 5.96 Å². The SMILES string of the molecule is CCOC(=O)N1CCC(NC(N)=NCCc2nc(-c3cccc(Cl)c3)no2)CC1. The van der Waals surface area contributed by atoms with Crippen molar-refractivity contribution >= 4 is 23.7 Å². The fraction of sp³-hybridized carbons (Fsp3) is 0.474. The average molecular weight is 421 g/mol. The molecule has 10 heteroatoms. The maximum atomic E-state index is 11.7. The third-order valence-corrected chi connectivity index (χ3v) is 4.77. The van der Waals surface area contributed by atoms with E-state index in [2.05, 4.69) is 20.4 Å². The Morgan fingerprint density at radius 3 is 2.97 bits per heavy atom. The maximum Gasteiger partial charge on any atom is 0.409 e. The van der Waals surface area contributed by atoms with Gasteiger partial charge in [0.2, 0.25) is 11.7 Å². The van der Waals surface area contributed by atoms with Crippen LogP contribution in [0.25, 0.3) is 11.4 Å². The Hall–Kier alpha value is -2.81. The fourth-order valence-electron chi connectivity index (χ4n) is 3.05. The third kappa shape index (κ3) is 6.08. The highest BCUT2D eigenvalue weighted by Crippen LogP contribution is 2.20. The average Bonchev–Trinajstić information content (AvgIpc) is 3.18. The first-order valence-electron chi connectivity index (χ1n) is 9.62. The largest absolute Gasteiger partial charge is 0.450 e. The smallest absolute Gasteiger partial charge is 0.409 e. The van der Waals surface area contributed by atoms with E-state index in [1.54, 1.807) is 24.0 Å². The Balaban J connectivity index is 1.42. The van der Waals surface area contributed by atoms with Gasteiger partial charge < -0.3 is 25.2 Å². The monoisotopic (exact) mass is 420 g/mol. The third-order valence-electron chi connectivity index (χ3n) is 4.53. The van der Waals surface area contributed by atoms with Gasteiger partial charge in [0.25, 0.3) is 0 Å². The van der Waals surface area contributed by atoms with Crippen LogP contribution < -0.4 is 11.1 Å². The van der Waals surface area contributed by atoms with Crippen molar-refractivity contribution in [1.82, 2.24) is 20.4 Å².